The lowest BCUT2D eigenvalue weighted by atomic mass is 10.2. The molecule has 118 valence electrons. The van der Waals surface area contributed by atoms with Gasteiger partial charge in [-0.15, -0.1) is 0 Å². The fraction of sp³-hybridized carbons (Fsp3) is 0.562. The number of rotatable bonds is 10. The number of carbonyl (C=O) groups is 1. The monoisotopic (exact) mass is 295 g/mol. The fourth-order valence-corrected chi connectivity index (χ4v) is 1.75. The maximum atomic E-state index is 11.4. The second kappa shape index (κ2) is 10.2. The number of aliphatic hydroxyl groups excluding tert-OH is 1. The van der Waals surface area contributed by atoms with Gasteiger partial charge in [-0.25, -0.2) is 0 Å². The molecular weight excluding hydrogens is 270 g/mol. The van der Waals surface area contributed by atoms with Gasteiger partial charge < -0.3 is 19.9 Å². The van der Waals surface area contributed by atoms with Crippen LogP contribution in [0.1, 0.15) is 31.7 Å². The van der Waals surface area contributed by atoms with Crippen molar-refractivity contribution in [2.24, 2.45) is 0 Å². The topological polar surface area (TPSA) is 67.8 Å². The van der Waals surface area contributed by atoms with Gasteiger partial charge in [0, 0.05) is 13.0 Å². The van der Waals surface area contributed by atoms with E-state index in [1.54, 1.807) is 7.11 Å². The van der Waals surface area contributed by atoms with Crippen molar-refractivity contribution in [3.63, 3.8) is 0 Å². The highest BCUT2D eigenvalue weighted by Crippen LogP contribution is 2.11. The Morgan fingerprint density at radius 1 is 1.33 bits per heavy atom. The minimum atomic E-state index is -0.686. The van der Waals surface area contributed by atoms with E-state index in [2.05, 4.69) is 5.32 Å². The van der Waals surface area contributed by atoms with Crippen LogP contribution in [0.5, 0.6) is 5.75 Å². The van der Waals surface area contributed by atoms with Crippen LogP contribution < -0.4 is 10.1 Å². The second-order valence-electron chi connectivity index (χ2n) is 4.92. The summed E-state index contributed by atoms with van der Waals surface area (Å²) in [7, 11) is 1.62. The summed E-state index contributed by atoms with van der Waals surface area (Å²) in [6.45, 7) is 2.88. The SMILES string of the molecule is CCCCC(=O)NCC(O)COCc1ccc(OC)cc1. The fourth-order valence-electron chi connectivity index (χ4n) is 1.75. The first-order valence-corrected chi connectivity index (χ1v) is 7.31. The number of ether oxygens (including phenoxy) is 2. The van der Waals surface area contributed by atoms with Crippen LogP contribution in [0.2, 0.25) is 0 Å². The van der Waals surface area contributed by atoms with Gasteiger partial charge in [-0.2, -0.15) is 0 Å². The molecule has 2 N–H and O–H groups in total. The molecule has 21 heavy (non-hydrogen) atoms. The van der Waals surface area contributed by atoms with Gasteiger partial charge in [-0.05, 0) is 24.1 Å². The van der Waals surface area contributed by atoms with Gasteiger partial charge in [0.25, 0.3) is 0 Å². The molecule has 0 fully saturated rings. The van der Waals surface area contributed by atoms with E-state index in [0.717, 1.165) is 24.2 Å². The van der Waals surface area contributed by atoms with Crippen molar-refractivity contribution in [2.75, 3.05) is 20.3 Å². The van der Waals surface area contributed by atoms with Gasteiger partial charge >= 0.3 is 0 Å². The van der Waals surface area contributed by atoms with Gasteiger partial charge in [-0.3, -0.25) is 4.79 Å². The van der Waals surface area contributed by atoms with E-state index >= 15 is 0 Å². The first-order chi connectivity index (χ1) is 10.2. The molecule has 1 aromatic rings. The molecule has 0 saturated carbocycles. The van der Waals surface area contributed by atoms with Crippen molar-refractivity contribution < 1.29 is 19.4 Å². The number of amides is 1. The quantitative estimate of drug-likeness (QED) is 0.691. The highest BCUT2D eigenvalue weighted by Gasteiger charge is 2.07. The minimum absolute atomic E-state index is 0.0222. The van der Waals surface area contributed by atoms with Crippen LogP contribution >= 0.6 is 0 Å². The maximum Gasteiger partial charge on any atom is 0.220 e. The summed E-state index contributed by atoms with van der Waals surface area (Å²) < 4.78 is 10.5. The van der Waals surface area contributed by atoms with Crippen molar-refractivity contribution in [1.82, 2.24) is 5.32 Å². The molecule has 0 aliphatic rings. The van der Waals surface area contributed by atoms with Gasteiger partial charge in [0.05, 0.1) is 26.4 Å². The summed E-state index contributed by atoms with van der Waals surface area (Å²) in [6.07, 6.45) is 1.68. The van der Waals surface area contributed by atoms with Crippen LogP contribution in [0.4, 0.5) is 0 Å². The van der Waals surface area contributed by atoms with Crippen molar-refractivity contribution in [1.29, 1.82) is 0 Å². The third-order valence-electron chi connectivity index (χ3n) is 3.03. The van der Waals surface area contributed by atoms with Crippen LogP contribution in [0, 0.1) is 0 Å². The van der Waals surface area contributed by atoms with E-state index in [1.165, 1.54) is 0 Å². The standard InChI is InChI=1S/C16H25NO4/c1-3-4-5-16(19)17-10-14(18)12-21-11-13-6-8-15(20-2)9-7-13/h6-9,14,18H,3-5,10-12H2,1-2H3,(H,17,19). The lowest BCUT2D eigenvalue weighted by Gasteiger charge is -2.12. The van der Waals surface area contributed by atoms with E-state index in [1.807, 2.05) is 31.2 Å². The molecule has 0 saturated heterocycles. The summed E-state index contributed by atoms with van der Waals surface area (Å²) in [4.78, 5) is 11.4. The molecule has 0 radical (unpaired) electrons. The van der Waals surface area contributed by atoms with E-state index in [4.69, 9.17) is 9.47 Å². The first kappa shape index (κ1) is 17.5. The van der Waals surface area contributed by atoms with Crippen molar-refractivity contribution >= 4 is 5.91 Å². The molecule has 1 unspecified atom stereocenters. The Morgan fingerprint density at radius 3 is 2.67 bits per heavy atom. The lowest BCUT2D eigenvalue weighted by Crippen LogP contribution is -2.34. The summed E-state index contributed by atoms with van der Waals surface area (Å²) >= 11 is 0. The summed E-state index contributed by atoms with van der Waals surface area (Å²) in [5.74, 6) is 0.777. The molecule has 0 spiro atoms. The van der Waals surface area contributed by atoms with Gasteiger partial charge in [0.15, 0.2) is 0 Å². The normalized spacial score (nSPS) is 12.0. The molecule has 5 heteroatoms. The number of methoxy groups -OCH3 is 1. The van der Waals surface area contributed by atoms with Gasteiger partial charge in [0.2, 0.25) is 5.91 Å². The average molecular weight is 295 g/mol. The Hall–Kier alpha value is -1.59. The Kier molecular flexibility index (Phi) is 8.47. The number of hydrogen-bond donors (Lipinski definition) is 2. The molecule has 1 aromatic carbocycles. The summed E-state index contributed by atoms with van der Waals surface area (Å²) in [5, 5.41) is 12.4. The van der Waals surface area contributed by atoms with Gasteiger partial charge in [-0.1, -0.05) is 25.5 Å². The summed E-state index contributed by atoms with van der Waals surface area (Å²) in [5.41, 5.74) is 1.01. The van der Waals surface area contributed by atoms with E-state index in [-0.39, 0.29) is 19.1 Å². The molecule has 1 rings (SSSR count). The molecule has 0 aliphatic heterocycles. The number of hydrogen-bond acceptors (Lipinski definition) is 4. The van der Waals surface area contributed by atoms with Crippen LogP contribution in [-0.2, 0) is 16.1 Å². The van der Waals surface area contributed by atoms with Crippen molar-refractivity contribution in [2.45, 2.75) is 38.9 Å². The number of nitrogens with one attached hydrogen (secondary N) is 1. The lowest BCUT2D eigenvalue weighted by molar-refractivity contribution is -0.121. The molecule has 0 aromatic heterocycles. The van der Waals surface area contributed by atoms with Crippen molar-refractivity contribution in [3.05, 3.63) is 29.8 Å². The van der Waals surface area contributed by atoms with Gasteiger partial charge in [0.1, 0.15) is 5.75 Å². The van der Waals surface area contributed by atoms with E-state index in [9.17, 15) is 9.90 Å². The Labute approximate surface area is 126 Å². The van der Waals surface area contributed by atoms with E-state index in [0.29, 0.717) is 13.0 Å². The highest BCUT2D eigenvalue weighted by atomic mass is 16.5. The van der Waals surface area contributed by atoms with Crippen LogP contribution in [0.3, 0.4) is 0 Å². The summed E-state index contributed by atoms with van der Waals surface area (Å²) in [6, 6.07) is 7.56. The maximum absolute atomic E-state index is 11.4. The second-order valence-corrected chi connectivity index (χ2v) is 4.92. The third-order valence-corrected chi connectivity index (χ3v) is 3.03. The largest absolute Gasteiger partial charge is 0.497 e. The molecule has 1 amide bonds. The number of carbonyl (C=O) groups excluding carboxylic acids is 1. The predicted octanol–water partition coefficient (Wildman–Crippen LogP) is 1.88. The minimum Gasteiger partial charge on any atom is -0.497 e. The third kappa shape index (κ3) is 7.68. The molecular formula is C16H25NO4. The first-order valence-electron chi connectivity index (χ1n) is 7.31. The molecule has 0 bridgehead atoms. The van der Waals surface area contributed by atoms with Crippen LogP contribution in [-0.4, -0.2) is 37.4 Å². The number of benzene rings is 1. The molecule has 0 heterocycles. The Morgan fingerprint density at radius 2 is 2.05 bits per heavy atom. The smallest absolute Gasteiger partial charge is 0.220 e. The van der Waals surface area contributed by atoms with Crippen LogP contribution in [0.25, 0.3) is 0 Å². The number of unbranched alkanes of at least 4 members (excludes halogenated alkanes) is 1. The zero-order chi connectivity index (χ0) is 15.5. The zero-order valence-corrected chi connectivity index (χ0v) is 12.8. The van der Waals surface area contributed by atoms with Crippen LogP contribution in [0.15, 0.2) is 24.3 Å². The zero-order valence-electron chi connectivity index (χ0n) is 12.8. The molecule has 5 nitrogen and oxygen atoms in total. The predicted molar refractivity (Wildman–Crippen MR) is 81.2 cm³/mol. The van der Waals surface area contributed by atoms with Crippen molar-refractivity contribution in [3.8, 4) is 5.75 Å². The number of aliphatic hydroxyl groups is 1. The highest BCUT2D eigenvalue weighted by molar-refractivity contribution is 5.75. The molecule has 0 aliphatic carbocycles. The average Bonchev–Trinajstić information content (AvgIpc) is 2.51. The Bertz CT molecular complexity index is 405. The Balaban J connectivity index is 2.14. The van der Waals surface area contributed by atoms with E-state index < -0.39 is 6.10 Å². The molecule has 1 atom stereocenters.